The molecule has 8 heteroatoms. The van der Waals surface area contributed by atoms with Crippen LogP contribution in [0.25, 0.3) is 0 Å². The lowest BCUT2D eigenvalue weighted by Gasteiger charge is -2.47. The summed E-state index contributed by atoms with van der Waals surface area (Å²) in [5.41, 5.74) is 0.990. The number of hydrogen-bond donors (Lipinski definition) is 2. The molecule has 2 N–H and O–H groups in total. The number of benzene rings is 1. The molecule has 2 aliphatic rings. The molecule has 0 unspecified atom stereocenters. The van der Waals surface area contributed by atoms with Gasteiger partial charge in [-0.25, -0.2) is 4.79 Å². The van der Waals surface area contributed by atoms with Crippen molar-refractivity contribution in [2.45, 2.75) is 18.6 Å². The van der Waals surface area contributed by atoms with E-state index in [-0.39, 0.29) is 24.4 Å². The number of hydrogen-bond acceptors (Lipinski definition) is 4. The van der Waals surface area contributed by atoms with Gasteiger partial charge in [0.15, 0.2) is 0 Å². The molecule has 2 atom stereocenters. The average Bonchev–Trinajstić information content (AvgIpc) is 2.65. The van der Waals surface area contributed by atoms with E-state index < -0.39 is 18.7 Å². The standard InChI is InChI=1S/C17H22N4O4/c1-19-14(11-22)16(24)21-8-7-20(10-13(21)15(19)23)17(25)18-9-12-5-3-2-4-6-12/h2-6,13-14,22H,7-11H2,1H3,(H,18,25)/t13-,14+/m1/s1. The normalized spacial score (nSPS) is 23.5. The number of fused-ring (bicyclic) bond motifs is 1. The molecule has 8 nitrogen and oxygen atoms in total. The summed E-state index contributed by atoms with van der Waals surface area (Å²) < 4.78 is 0. The Morgan fingerprint density at radius 3 is 2.60 bits per heavy atom. The maximum atomic E-state index is 12.5. The Morgan fingerprint density at radius 1 is 1.20 bits per heavy atom. The van der Waals surface area contributed by atoms with Crippen molar-refractivity contribution in [2.75, 3.05) is 33.3 Å². The molecule has 2 saturated heterocycles. The lowest BCUT2D eigenvalue weighted by atomic mass is 10.0. The van der Waals surface area contributed by atoms with Gasteiger partial charge in [-0.1, -0.05) is 30.3 Å². The molecule has 0 aromatic heterocycles. The predicted octanol–water partition coefficient (Wildman–Crippen LogP) is -0.758. The lowest BCUT2D eigenvalue weighted by Crippen LogP contribution is -2.70. The van der Waals surface area contributed by atoms with Crippen molar-refractivity contribution in [2.24, 2.45) is 0 Å². The van der Waals surface area contributed by atoms with Gasteiger partial charge in [0, 0.05) is 26.7 Å². The van der Waals surface area contributed by atoms with Crippen molar-refractivity contribution in [3.05, 3.63) is 35.9 Å². The summed E-state index contributed by atoms with van der Waals surface area (Å²) >= 11 is 0. The zero-order valence-electron chi connectivity index (χ0n) is 14.1. The van der Waals surface area contributed by atoms with Crippen LogP contribution >= 0.6 is 0 Å². The summed E-state index contributed by atoms with van der Waals surface area (Å²) in [4.78, 5) is 41.6. The van der Waals surface area contributed by atoms with Crippen LogP contribution in [0.1, 0.15) is 5.56 Å². The van der Waals surface area contributed by atoms with Crippen molar-refractivity contribution in [3.8, 4) is 0 Å². The Bertz CT molecular complexity index is 666. The highest BCUT2D eigenvalue weighted by Crippen LogP contribution is 2.21. The SMILES string of the molecule is CN1C(=O)[C@H]2CN(C(=O)NCc3ccccc3)CCN2C(=O)[C@@H]1CO. The first-order valence-corrected chi connectivity index (χ1v) is 8.27. The molecule has 3 rings (SSSR count). The van der Waals surface area contributed by atoms with Crippen molar-refractivity contribution >= 4 is 17.8 Å². The van der Waals surface area contributed by atoms with Gasteiger partial charge in [-0.15, -0.1) is 0 Å². The largest absolute Gasteiger partial charge is 0.394 e. The molecule has 1 aromatic carbocycles. The number of rotatable bonds is 3. The fraction of sp³-hybridized carbons (Fsp3) is 0.471. The maximum absolute atomic E-state index is 12.5. The Morgan fingerprint density at radius 2 is 1.92 bits per heavy atom. The Hall–Kier alpha value is -2.61. The van der Waals surface area contributed by atoms with E-state index in [0.717, 1.165) is 5.56 Å². The van der Waals surface area contributed by atoms with E-state index in [0.29, 0.717) is 19.6 Å². The van der Waals surface area contributed by atoms with E-state index in [1.807, 2.05) is 30.3 Å². The van der Waals surface area contributed by atoms with Crippen LogP contribution in [-0.4, -0.2) is 83.0 Å². The zero-order valence-corrected chi connectivity index (χ0v) is 14.1. The Kier molecular flexibility index (Phi) is 4.89. The number of likely N-dealkylation sites (N-methyl/N-ethyl adjacent to an activating group) is 1. The summed E-state index contributed by atoms with van der Waals surface area (Å²) in [6, 6.07) is 7.79. The number of aliphatic hydroxyl groups is 1. The molecule has 0 bridgehead atoms. The molecule has 0 spiro atoms. The zero-order chi connectivity index (χ0) is 18.0. The van der Waals surface area contributed by atoms with Crippen LogP contribution < -0.4 is 5.32 Å². The van der Waals surface area contributed by atoms with Crippen molar-refractivity contribution in [1.29, 1.82) is 0 Å². The van der Waals surface area contributed by atoms with E-state index in [1.54, 1.807) is 4.90 Å². The molecule has 2 aliphatic heterocycles. The van der Waals surface area contributed by atoms with E-state index in [9.17, 15) is 19.5 Å². The number of urea groups is 1. The average molecular weight is 346 g/mol. The van der Waals surface area contributed by atoms with Gasteiger partial charge >= 0.3 is 6.03 Å². The molecule has 1 aromatic rings. The minimum absolute atomic E-state index is 0.160. The fourth-order valence-electron chi connectivity index (χ4n) is 3.27. The van der Waals surface area contributed by atoms with Gasteiger partial charge in [0.1, 0.15) is 12.1 Å². The Balaban J connectivity index is 1.63. The lowest BCUT2D eigenvalue weighted by molar-refractivity contribution is -0.164. The van der Waals surface area contributed by atoms with Gasteiger partial charge in [-0.3, -0.25) is 9.59 Å². The molecule has 0 saturated carbocycles. The molecular weight excluding hydrogens is 324 g/mol. The first-order chi connectivity index (χ1) is 12.0. The molecule has 0 aliphatic carbocycles. The van der Waals surface area contributed by atoms with Crippen LogP contribution in [0.4, 0.5) is 4.79 Å². The third kappa shape index (κ3) is 3.30. The smallest absolute Gasteiger partial charge is 0.317 e. The highest BCUT2D eigenvalue weighted by molar-refractivity contribution is 5.97. The number of amides is 4. The molecule has 2 heterocycles. The minimum Gasteiger partial charge on any atom is -0.394 e. The quantitative estimate of drug-likeness (QED) is 0.753. The van der Waals surface area contributed by atoms with E-state index in [4.69, 9.17) is 0 Å². The number of nitrogens with one attached hydrogen (secondary N) is 1. The van der Waals surface area contributed by atoms with Crippen LogP contribution in [0.5, 0.6) is 0 Å². The highest BCUT2D eigenvalue weighted by atomic mass is 16.3. The summed E-state index contributed by atoms with van der Waals surface area (Å²) in [7, 11) is 1.51. The summed E-state index contributed by atoms with van der Waals surface area (Å²) in [5, 5.41) is 12.2. The number of carbonyl (C=O) groups is 3. The van der Waals surface area contributed by atoms with Gasteiger partial charge in [0.25, 0.3) is 0 Å². The van der Waals surface area contributed by atoms with E-state index in [2.05, 4.69) is 5.32 Å². The van der Waals surface area contributed by atoms with Gasteiger partial charge in [0.05, 0.1) is 13.2 Å². The Labute approximate surface area is 146 Å². The third-order valence-electron chi connectivity index (χ3n) is 4.80. The van der Waals surface area contributed by atoms with Crippen molar-refractivity contribution < 1.29 is 19.5 Å². The van der Waals surface area contributed by atoms with E-state index in [1.165, 1.54) is 16.8 Å². The molecule has 4 amide bonds. The number of aliphatic hydroxyl groups excluding tert-OH is 1. The van der Waals surface area contributed by atoms with Gasteiger partial charge in [-0.2, -0.15) is 0 Å². The van der Waals surface area contributed by atoms with Gasteiger partial charge in [-0.05, 0) is 5.56 Å². The second-order valence-corrected chi connectivity index (χ2v) is 6.29. The monoisotopic (exact) mass is 346 g/mol. The number of nitrogens with zero attached hydrogens (tertiary/aromatic N) is 3. The van der Waals surface area contributed by atoms with Crippen LogP contribution in [0.3, 0.4) is 0 Å². The molecular formula is C17H22N4O4. The second-order valence-electron chi connectivity index (χ2n) is 6.29. The first kappa shape index (κ1) is 17.2. The van der Waals surface area contributed by atoms with Crippen LogP contribution in [0.15, 0.2) is 30.3 Å². The summed E-state index contributed by atoms with van der Waals surface area (Å²) in [5.74, 6) is -0.516. The van der Waals surface area contributed by atoms with Gasteiger partial charge in [0.2, 0.25) is 11.8 Å². The second kappa shape index (κ2) is 7.10. The summed E-state index contributed by atoms with van der Waals surface area (Å²) in [6.45, 7) is 0.819. The first-order valence-electron chi connectivity index (χ1n) is 8.27. The topological polar surface area (TPSA) is 93.2 Å². The van der Waals surface area contributed by atoms with Gasteiger partial charge < -0.3 is 25.1 Å². The van der Waals surface area contributed by atoms with Crippen LogP contribution in [-0.2, 0) is 16.1 Å². The van der Waals surface area contributed by atoms with Crippen LogP contribution in [0.2, 0.25) is 0 Å². The van der Waals surface area contributed by atoms with E-state index >= 15 is 0 Å². The molecule has 134 valence electrons. The van der Waals surface area contributed by atoms with Crippen molar-refractivity contribution in [1.82, 2.24) is 20.0 Å². The molecule has 0 radical (unpaired) electrons. The predicted molar refractivity (Wildman–Crippen MR) is 89.4 cm³/mol. The van der Waals surface area contributed by atoms with Crippen LogP contribution in [0, 0.1) is 0 Å². The molecule has 2 fully saturated rings. The number of piperazine rings is 2. The third-order valence-corrected chi connectivity index (χ3v) is 4.80. The fourth-order valence-corrected chi connectivity index (χ4v) is 3.27. The number of carbonyl (C=O) groups excluding carboxylic acids is 3. The highest BCUT2D eigenvalue weighted by Gasteiger charge is 2.47. The maximum Gasteiger partial charge on any atom is 0.317 e. The minimum atomic E-state index is -0.831. The van der Waals surface area contributed by atoms with Crippen molar-refractivity contribution in [3.63, 3.8) is 0 Å². The summed E-state index contributed by atoms with van der Waals surface area (Å²) in [6.07, 6.45) is 0. The molecule has 25 heavy (non-hydrogen) atoms.